The van der Waals surface area contributed by atoms with Gasteiger partial charge in [0.25, 0.3) is 11.8 Å². The van der Waals surface area contributed by atoms with Crippen molar-refractivity contribution in [3.05, 3.63) is 104 Å². The normalized spacial score (nSPS) is 15.0. The SMILES string of the molecule is C=CCOc1cc(Cl)ccc1[C@H]1C(=O)N(CCCCC(=O)O)c2ccc(I)cc2C(=O)N1CCc1ccc(Cl)cc1. The molecule has 1 atom stereocenters. The third kappa shape index (κ3) is 7.61. The van der Waals surface area contributed by atoms with Gasteiger partial charge in [-0.2, -0.15) is 0 Å². The molecule has 0 spiro atoms. The molecule has 0 bridgehead atoms. The molecule has 1 heterocycles. The van der Waals surface area contributed by atoms with Gasteiger partial charge in [0.1, 0.15) is 18.4 Å². The maximum absolute atomic E-state index is 14.5. The minimum Gasteiger partial charge on any atom is -0.489 e. The lowest BCUT2D eigenvalue weighted by atomic mass is 10.0. The second-order valence-electron chi connectivity index (χ2n) is 9.56. The molecular formula is C31H29Cl2IN2O5. The van der Waals surface area contributed by atoms with Crippen molar-refractivity contribution in [2.75, 3.05) is 24.6 Å². The molecule has 0 aromatic heterocycles. The van der Waals surface area contributed by atoms with Crippen molar-refractivity contribution in [1.82, 2.24) is 4.90 Å². The lowest BCUT2D eigenvalue weighted by Crippen LogP contribution is -2.43. The van der Waals surface area contributed by atoms with E-state index in [2.05, 4.69) is 29.2 Å². The molecule has 1 N–H and O–H groups in total. The zero-order chi connectivity index (χ0) is 29.5. The first-order chi connectivity index (χ1) is 19.7. The molecule has 0 radical (unpaired) electrons. The maximum atomic E-state index is 14.5. The summed E-state index contributed by atoms with van der Waals surface area (Å²) in [6.07, 6.45) is 2.92. The van der Waals surface area contributed by atoms with Crippen LogP contribution in [0, 0.1) is 3.57 Å². The van der Waals surface area contributed by atoms with Crippen LogP contribution in [-0.4, -0.2) is 47.5 Å². The van der Waals surface area contributed by atoms with Gasteiger partial charge < -0.3 is 19.6 Å². The van der Waals surface area contributed by atoms with Crippen LogP contribution in [0.25, 0.3) is 0 Å². The summed E-state index contributed by atoms with van der Waals surface area (Å²) >= 11 is 14.5. The molecule has 0 fully saturated rings. The number of carboxylic acid groups (broad SMARTS) is 1. The quantitative estimate of drug-likeness (QED) is 0.122. The summed E-state index contributed by atoms with van der Waals surface area (Å²) in [4.78, 5) is 43.2. The Morgan fingerprint density at radius 2 is 1.73 bits per heavy atom. The molecule has 0 unspecified atom stereocenters. The average molecular weight is 707 g/mol. The standard InChI is InChI=1S/C31H29Cl2IN2O5/c1-2-17-41-27-18-22(33)10-12-24(27)29-31(40)35(15-4-3-5-28(37)38)26-13-11-23(34)19-25(26)30(39)36(29)16-14-20-6-8-21(32)9-7-20/h2,6-13,18-19,29H,1,3-5,14-17H2,(H,37,38)/t29-/m0/s1. The van der Waals surface area contributed by atoms with E-state index >= 15 is 0 Å². The number of fused-ring (bicyclic) bond motifs is 1. The molecule has 2 amide bonds. The number of amides is 2. The molecule has 0 saturated heterocycles. The molecule has 1 aliphatic heterocycles. The van der Waals surface area contributed by atoms with Crippen molar-refractivity contribution < 1.29 is 24.2 Å². The summed E-state index contributed by atoms with van der Waals surface area (Å²) in [5.74, 6) is -1.11. The second kappa shape index (κ2) is 14.2. The highest BCUT2D eigenvalue weighted by Gasteiger charge is 2.41. The van der Waals surface area contributed by atoms with E-state index in [-0.39, 0.29) is 37.9 Å². The molecule has 3 aromatic rings. The number of carbonyl (C=O) groups is 3. The Morgan fingerprint density at radius 3 is 2.44 bits per heavy atom. The zero-order valence-corrected chi connectivity index (χ0v) is 25.9. The van der Waals surface area contributed by atoms with Crippen LogP contribution in [-0.2, 0) is 16.0 Å². The Labute approximate surface area is 262 Å². The van der Waals surface area contributed by atoms with Crippen LogP contribution >= 0.6 is 45.8 Å². The number of hydrogen-bond acceptors (Lipinski definition) is 4. The van der Waals surface area contributed by atoms with Crippen molar-refractivity contribution in [2.24, 2.45) is 0 Å². The molecule has 10 heteroatoms. The van der Waals surface area contributed by atoms with E-state index in [0.717, 1.165) is 9.13 Å². The molecule has 7 nitrogen and oxygen atoms in total. The summed E-state index contributed by atoms with van der Waals surface area (Å²) in [5.41, 5.74) is 2.37. The van der Waals surface area contributed by atoms with Gasteiger partial charge in [0, 0.05) is 38.7 Å². The molecule has 0 saturated carbocycles. The Morgan fingerprint density at radius 1 is 1.00 bits per heavy atom. The lowest BCUT2D eigenvalue weighted by Gasteiger charge is -2.32. The van der Waals surface area contributed by atoms with Crippen molar-refractivity contribution in [3.63, 3.8) is 0 Å². The van der Waals surface area contributed by atoms with E-state index in [1.54, 1.807) is 58.3 Å². The van der Waals surface area contributed by atoms with E-state index in [0.29, 0.717) is 51.9 Å². The fourth-order valence-electron chi connectivity index (χ4n) is 4.80. The number of nitrogens with zero attached hydrogens (tertiary/aromatic N) is 2. The highest BCUT2D eigenvalue weighted by atomic mass is 127. The van der Waals surface area contributed by atoms with Crippen LogP contribution in [0.15, 0.2) is 73.3 Å². The number of ether oxygens (including phenoxy) is 1. The summed E-state index contributed by atoms with van der Waals surface area (Å²) in [7, 11) is 0. The minimum atomic E-state index is -1.02. The fourth-order valence-corrected chi connectivity index (χ4v) is 5.58. The van der Waals surface area contributed by atoms with Gasteiger partial charge in [0.15, 0.2) is 0 Å². The number of carboxylic acids is 1. The number of halogens is 3. The van der Waals surface area contributed by atoms with Crippen molar-refractivity contribution >= 4 is 69.3 Å². The first-order valence-corrected chi connectivity index (χ1v) is 14.9. The smallest absolute Gasteiger partial charge is 0.303 e. The van der Waals surface area contributed by atoms with E-state index in [1.165, 1.54) is 0 Å². The summed E-state index contributed by atoms with van der Waals surface area (Å²) < 4.78 is 6.79. The van der Waals surface area contributed by atoms with Crippen LogP contribution in [0.1, 0.15) is 46.8 Å². The van der Waals surface area contributed by atoms with Crippen molar-refractivity contribution in [1.29, 1.82) is 0 Å². The number of anilines is 1. The Kier molecular flexibility index (Phi) is 10.7. The predicted molar refractivity (Wildman–Crippen MR) is 169 cm³/mol. The Bertz CT molecular complexity index is 1450. The van der Waals surface area contributed by atoms with Crippen LogP contribution in [0.4, 0.5) is 5.69 Å². The summed E-state index contributed by atoms with van der Waals surface area (Å²) in [6.45, 7) is 4.41. The third-order valence-corrected chi connectivity index (χ3v) is 7.91. The molecule has 41 heavy (non-hydrogen) atoms. The predicted octanol–water partition coefficient (Wildman–Crippen LogP) is 7.19. The fraction of sp³-hybridized carbons (Fsp3) is 0.258. The number of carbonyl (C=O) groups excluding carboxylic acids is 2. The van der Waals surface area contributed by atoms with Crippen LogP contribution in [0.3, 0.4) is 0 Å². The molecule has 214 valence electrons. The number of rotatable bonds is 12. The lowest BCUT2D eigenvalue weighted by molar-refractivity contribution is -0.137. The van der Waals surface area contributed by atoms with Crippen molar-refractivity contribution in [2.45, 2.75) is 31.7 Å². The van der Waals surface area contributed by atoms with Gasteiger partial charge >= 0.3 is 5.97 Å². The number of aliphatic carboxylic acids is 1. The summed E-state index contributed by atoms with van der Waals surface area (Å²) in [6, 6.07) is 16.8. The van der Waals surface area contributed by atoms with E-state index in [9.17, 15) is 14.4 Å². The second-order valence-corrected chi connectivity index (χ2v) is 11.7. The van der Waals surface area contributed by atoms with E-state index in [1.807, 2.05) is 18.2 Å². The Balaban J connectivity index is 1.82. The number of unbranched alkanes of at least 4 members (excludes halogenated alkanes) is 1. The van der Waals surface area contributed by atoms with Crippen LogP contribution in [0.2, 0.25) is 10.0 Å². The first kappa shape index (κ1) is 30.9. The topological polar surface area (TPSA) is 87.1 Å². The van der Waals surface area contributed by atoms with Gasteiger partial charge in [0.05, 0.1) is 11.3 Å². The van der Waals surface area contributed by atoms with Crippen molar-refractivity contribution in [3.8, 4) is 5.75 Å². The highest BCUT2D eigenvalue weighted by Crippen LogP contribution is 2.39. The zero-order valence-electron chi connectivity index (χ0n) is 22.2. The minimum absolute atomic E-state index is 0.00607. The van der Waals surface area contributed by atoms with Crippen LogP contribution < -0.4 is 9.64 Å². The van der Waals surface area contributed by atoms with Gasteiger partial charge in [-0.15, -0.1) is 0 Å². The molecule has 1 aliphatic rings. The highest BCUT2D eigenvalue weighted by molar-refractivity contribution is 14.1. The van der Waals surface area contributed by atoms with Gasteiger partial charge in [0.2, 0.25) is 0 Å². The van der Waals surface area contributed by atoms with Gasteiger partial charge in [-0.1, -0.05) is 54.1 Å². The van der Waals surface area contributed by atoms with Gasteiger partial charge in [-0.25, -0.2) is 0 Å². The third-order valence-electron chi connectivity index (χ3n) is 6.76. The van der Waals surface area contributed by atoms with Gasteiger partial charge in [-0.05, 0) is 89.9 Å². The monoisotopic (exact) mass is 706 g/mol. The maximum Gasteiger partial charge on any atom is 0.303 e. The molecule has 3 aromatic carbocycles. The van der Waals surface area contributed by atoms with Gasteiger partial charge in [-0.3, -0.25) is 14.4 Å². The Hall–Kier alpha value is -3.08. The number of hydrogen-bond donors (Lipinski definition) is 1. The largest absolute Gasteiger partial charge is 0.489 e. The summed E-state index contributed by atoms with van der Waals surface area (Å²) in [5, 5.41) is 10.2. The van der Waals surface area contributed by atoms with Crippen LogP contribution in [0.5, 0.6) is 5.75 Å². The van der Waals surface area contributed by atoms with E-state index in [4.69, 9.17) is 33.0 Å². The molecule has 0 aliphatic carbocycles. The number of benzene rings is 3. The first-order valence-electron chi connectivity index (χ1n) is 13.1. The van der Waals surface area contributed by atoms with E-state index < -0.39 is 12.0 Å². The average Bonchev–Trinajstić information content (AvgIpc) is 3.02. The molecule has 4 rings (SSSR count). The molecular weight excluding hydrogens is 678 g/mol.